The van der Waals surface area contributed by atoms with Gasteiger partial charge in [0.25, 0.3) is 0 Å². The molecule has 0 radical (unpaired) electrons. The van der Waals surface area contributed by atoms with Gasteiger partial charge in [-0.05, 0) is 36.1 Å². The van der Waals surface area contributed by atoms with E-state index in [-0.39, 0.29) is 5.92 Å². The molecule has 3 rings (SSSR count). The van der Waals surface area contributed by atoms with Crippen LogP contribution in [0.15, 0.2) is 54.6 Å². The number of benzene rings is 2. The van der Waals surface area contributed by atoms with Gasteiger partial charge in [-0.3, -0.25) is 4.90 Å². The van der Waals surface area contributed by atoms with Gasteiger partial charge in [-0.15, -0.1) is 0 Å². The summed E-state index contributed by atoms with van der Waals surface area (Å²) in [6.45, 7) is 9.26. The van der Waals surface area contributed by atoms with E-state index in [0.717, 1.165) is 82.9 Å². The topological polar surface area (TPSA) is 41.9 Å². The molecule has 170 valence electrons. The summed E-state index contributed by atoms with van der Waals surface area (Å²) < 4.78 is 11.4. The fraction of sp³-hybridized carbons (Fsp3) is 0.556. The highest BCUT2D eigenvalue weighted by atomic mass is 16.5. The summed E-state index contributed by atoms with van der Waals surface area (Å²) in [5, 5.41) is 12.3. The standard InChI is InChI=1S/C27H39NO3/c1-3-5-16-27(29,24-12-14-25(15-13-24)31-19-6-4-2)26(23-10-8-7-9-11-23)22-28-17-20-30-21-18-28/h7-15,26,29H,3-6,16-22H2,1-2H3/t26-,27+/m1/s1. The van der Waals surface area contributed by atoms with Gasteiger partial charge in [0, 0.05) is 25.6 Å². The summed E-state index contributed by atoms with van der Waals surface area (Å²) in [6, 6.07) is 18.7. The molecule has 4 nitrogen and oxygen atoms in total. The molecule has 1 aliphatic heterocycles. The Balaban J connectivity index is 1.90. The fourth-order valence-corrected chi connectivity index (χ4v) is 4.40. The highest BCUT2D eigenvalue weighted by Gasteiger charge is 2.40. The summed E-state index contributed by atoms with van der Waals surface area (Å²) in [5.41, 5.74) is 1.24. The minimum atomic E-state index is -0.933. The summed E-state index contributed by atoms with van der Waals surface area (Å²) in [6.07, 6.45) is 4.95. The number of unbranched alkanes of at least 4 members (excludes halogenated alkanes) is 2. The summed E-state index contributed by atoms with van der Waals surface area (Å²) in [7, 11) is 0. The zero-order chi connectivity index (χ0) is 21.9. The lowest BCUT2D eigenvalue weighted by atomic mass is 9.74. The van der Waals surface area contributed by atoms with Crippen LogP contribution >= 0.6 is 0 Å². The van der Waals surface area contributed by atoms with Crippen molar-refractivity contribution in [1.82, 2.24) is 4.90 Å². The Labute approximate surface area is 188 Å². The molecule has 2 aromatic carbocycles. The van der Waals surface area contributed by atoms with Crippen LogP contribution in [0.1, 0.15) is 63.0 Å². The molecule has 1 aliphatic rings. The van der Waals surface area contributed by atoms with Crippen molar-refractivity contribution in [3.05, 3.63) is 65.7 Å². The lowest BCUT2D eigenvalue weighted by Crippen LogP contribution is -2.45. The molecule has 0 unspecified atom stereocenters. The van der Waals surface area contributed by atoms with E-state index < -0.39 is 5.60 Å². The largest absolute Gasteiger partial charge is 0.494 e. The number of aliphatic hydroxyl groups is 1. The Morgan fingerprint density at radius 1 is 0.968 bits per heavy atom. The van der Waals surface area contributed by atoms with Crippen molar-refractivity contribution < 1.29 is 14.6 Å². The van der Waals surface area contributed by atoms with Gasteiger partial charge in [0.2, 0.25) is 0 Å². The third-order valence-electron chi connectivity index (χ3n) is 6.36. The maximum atomic E-state index is 12.3. The zero-order valence-corrected chi connectivity index (χ0v) is 19.3. The highest BCUT2D eigenvalue weighted by Crippen LogP contribution is 2.42. The molecular formula is C27H39NO3. The molecule has 2 atom stereocenters. The van der Waals surface area contributed by atoms with Crippen LogP contribution in [-0.4, -0.2) is 49.5 Å². The lowest BCUT2D eigenvalue weighted by Gasteiger charge is -2.41. The van der Waals surface area contributed by atoms with Crippen molar-refractivity contribution in [2.45, 2.75) is 57.5 Å². The second-order valence-electron chi connectivity index (χ2n) is 8.63. The van der Waals surface area contributed by atoms with Crippen LogP contribution in [0.25, 0.3) is 0 Å². The SMILES string of the molecule is CCCCOc1ccc([C@@](O)(CCCC)[C@H](CN2CCOCC2)c2ccccc2)cc1. The lowest BCUT2D eigenvalue weighted by molar-refractivity contribution is -0.0294. The Morgan fingerprint density at radius 3 is 2.29 bits per heavy atom. The molecule has 0 aromatic heterocycles. The smallest absolute Gasteiger partial charge is 0.119 e. The van der Waals surface area contributed by atoms with Crippen molar-refractivity contribution in [3.8, 4) is 5.75 Å². The van der Waals surface area contributed by atoms with Crippen LogP contribution in [0.2, 0.25) is 0 Å². The molecule has 4 heteroatoms. The van der Waals surface area contributed by atoms with Gasteiger partial charge in [-0.1, -0.05) is 75.6 Å². The highest BCUT2D eigenvalue weighted by molar-refractivity contribution is 5.35. The summed E-state index contributed by atoms with van der Waals surface area (Å²) >= 11 is 0. The van der Waals surface area contributed by atoms with Crippen molar-refractivity contribution in [2.75, 3.05) is 39.5 Å². The number of hydrogen-bond donors (Lipinski definition) is 1. The quantitative estimate of drug-likeness (QED) is 0.465. The zero-order valence-electron chi connectivity index (χ0n) is 19.3. The Morgan fingerprint density at radius 2 is 1.65 bits per heavy atom. The van der Waals surface area contributed by atoms with Crippen molar-refractivity contribution >= 4 is 0 Å². The normalized spacial score (nSPS) is 17.8. The molecule has 31 heavy (non-hydrogen) atoms. The van der Waals surface area contributed by atoms with Crippen LogP contribution in [-0.2, 0) is 10.3 Å². The average molecular weight is 426 g/mol. The van der Waals surface area contributed by atoms with E-state index in [0.29, 0.717) is 0 Å². The van der Waals surface area contributed by atoms with E-state index >= 15 is 0 Å². The van der Waals surface area contributed by atoms with E-state index in [1.54, 1.807) is 0 Å². The monoisotopic (exact) mass is 425 g/mol. The third kappa shape index (κ3) is 6.55. The Hall–Kier alpha value is -1.88. The van der Waals surface area contributed by atoms with Crippen LogP contribution in [0.5, 0.6) is 5.75 Å². The van der Waals surface area contributed by atoms with Crippen molar-refractivity contribution in [1.29, 1.82) is 0 Å². The summed E-state index contributed by atoms with van der Waals surface area (Å²) in [5.74, 6) is 0.865. The van der Waals surface area contributed by atoms with Crippen LogP contribution in [0.3, 0.4) is 0 Å². The number of nitrogens with zero attached hydrogens (tertiary/aromatic N) is 1. The van der Waals surface area contributed by atoms with E-state index in [9.17, 15) is 5.11 Å². The minimum Gasteiger partial charge on any atom is -0.494 e. The van der Waals surface area contributed by atoms with E-state index in [2.05, 4.69) is 55.1 Å². The van der Waals surface area contributed by atoms with Gasteiger partial charge in [0.15, 0.2) is 0 Å². The molecular weight excluding hydrogens is 386 g/mol. The molecule has 0 bridgehead atoms. The molecule has 0 aliphatic carbocycles. The number of hydrogen-bond acceptors (Lipinski definition) is 4. The first-order chi connectivity index (χ1) is 15.2. The molecule has 0 saturated carbocycles. The molecule has 0 amide bonds. The van der Waals surface area contributed by atoms with Gasteiger partial charge in [0.1, 0.15) is 5.75 Å². The Bertz CT molecular complexity index is 743. The van der Waals surface area contributed by atoms with Gasteiger partial charge < -0.3 is 14.6 Å². The molecule has 1 fully saturated rings. The molecule has 1 heterocycles. The minimum absolute atomic E-state index is 0.00907. The molecule has 1 N–H and O–H groups in total. The predicted octanol–water partition coefficient (Wildman–Crippen LogP) is 5.36. The molecule has 2 aromatic rings. The fourth-order valence-electron chi connectivity index (χ4n) is 4.40. The number of morpholine rings is 1. The Kier molecular flexibility index (Phi) is 9.38. The van der Waals surface area contributed by atoms with Crippen molar-refractivity contribution in [2.24, 2.45) is 0 Å². The number of ether oxygens (including phenoxy) is 2. The first-order valence-corrected chi connectivity index (χ1v) is 12.0. The van der Waals surface area contributed by atoms with E-state index in [4.69, 9.17) is 9.47 Å². The van der Waals surface area contributed by atoms with Gasteiger partial charge >= 0.3 is 0 Å². The first kappa shape index (κ1) is 23.8. The van der Waals surface area contributed by atoms with E-state index in [1.807, 2.05) is 18.2 Å². The second-order valence-corrected chi connectivity index (χ2v) is 8.63. The molecule has 1 saturated heterocycles. The maximum Gasteiger partial charge on any atom is 0.119 e. The van der Waals surface area contributed by atoms with Crippen LogP contribution in [0.4, 0.5) is 0 Å². The first-order valence-electron chi connectivity index (χ1n) is 12.0. The summed E-state index contributed by atoms with van der Waals surface area (Å²) in [4.78, 5) is 2.43. The van der Waals surface area contributed by atoms with Gasteiger partial charge in [0.05, 0.1) is 25.4 Å². The number of rotatable bonds is 12. The predicted molar refractivity (Wildman–Crippen MR) is 127 cm³/mol. The third-order valence-corrected chi connectivity index (χ3v) is 6.36. The van der Waals surface area contributed by atoms with E-state index in [1.165, 1.54) is 5.56 Å². The van der Waals surface area contributed by atoms with Gasteiger partial charge in [-0.25, -0.2) is 0 Å². The van der Waals surface area contributed by atoms with Crippen molar-refractivity contribution in [3.63, 3.8) is 0 Å². The average Bonchev–Trinajstić information content (AvgIpc) is 2.83. The second kappa shape index (κ2) is 12.2. The van der Waals surface area contributed by atoms with Gasteiger partial charge in [-0.2, -0.15) is 0 Å². The maximum absolute atomic E-state index is 12.3. The van der Waals surface area contributed by atoms with Crippen LogP contribution < -0.4 is 4.74 Å². The molecule has 0 spiro atoms. The van der Waals surface area contributed by atoms with Crippen LogP contribution in [0, 0.1) is 0 Å².